The lowest BCUT2D eigenvalue weighted by Crippen LogP contribution is -2.53. The molecule has 11 heteroatoms. The third kappa shape index (κ3) is 5.05. The number of nitrogens with zero attached hydrogens (tertiary/aromatic N) is 1. The molecular weight excluding hydrogens is 556 g/mol. The summed E-state index contributed by atoms with van der Waals surface area (Å²) in [6, 6.07) is -0.351. The summed E-state index contributed by atoms with van der Waals surface area (Å²) in [5, 5.41) is -0.341. The molecule has 0 aromatic heterocycles. The highest BCUT2D eigenvalue weighted by atomic mass is 32.2. The molecule has 1 amide bonds. The number of halogens is 2. The van der Waals surface area contributed by atoms with Crippen molar-refractivity contribution in [2.45, 2.75) is 119 Å². The topological polar surface area (TPSA) is 99.2 Å². The lowest BCUT2D eigenvalue weighted by molar-refractivity contribution is -0.175. The van der Waals surface area contributed by atoms with Gasteiger partial charge in [-0.15, -0.1) is 0 Å². The summed E-state index contributed by atoms with van der Waals surface area (Å²) in [6.07, 6.45) is 5.99. The molecular formula is C30H41F2NO7S. The van der Waals surface area contributed by atoms with E-state index in [9.17, 15) is 28.0 Å². The second-order valence-corrected chi connectivity index (χ2v) is 15.6. The maximum atomic E-state index is 13.9. The molecule has 4 bridgehead atoms. The van der Waals surface area contributed by atoms with Crippen LogP contribution in [-0.2, 0) is 33.4 Å². The van der Waals surface area contributed by atoms with Crippen LogP contribution in [-0.4, -0.2) is 75.5 Å². The second kappa shape index (κ2) is 10.4. The summed E-state index contributed by atoms with van der Waals surface area (Å²) >= 11 is 1.53. The molecule has 41 heavy (non-hydrogen) atoms. The van der Waals surface area contributed by atoms with Crippen molar-refractivity contribution in [1.82, 2.24) is 4.90 Å². The van der Waals surface area contributed by atoms with Crippen molar-refractivity contribution in [3.05, 3.63) is 0 Å². The maximum Gasteiger partial charge on any atom is 0.311 e. The Labute approximate surface area is 243 Å². The first-order valence-corrected chi connectivity index (χ1v) is 16.1. The molecule has 0 aromatic rings. The highest BCUT2D eigenvalue weighted by Crippen LogP contribution is 2.62. The SMILES string of the molecule is CC(F)(F)COC(=O)C1C2CCC(S2)C1C(=O)OC1C2CC3C(C(=O)N(C(C)(C)C)C31)C2C(=O)OC1CCCCC1. The number of hydrogen-bond acceptors (Lipinski definition) is 8. The van der Waals surface area contributed by atoms with E-state index in [1.165, 1.54) is 11.8 Å². The van der Waals surface area contributed by atoms with Gasteiger partial charge in [0.1, 0.15) is 12.2 Å². The van der Waals surface area contributed by atoms with E-state index in [2.05, 4.69) is 0 Å². The zero-order chi connectivity index (χ0) is 29.4. The molecule has 3 aliphatic heterocycles. The van der Waals surface area contributed by atoms with Crippen molar-refractivity contribution in [1.29, 1.82) is 0 Å². The van der Waals surface area contributed by atoms with Crippen LogP contribution >= 0.6 is 11.8 Å². The van der Waals surface area contributed by atoms with Gasteiger partial charge in [0.25, 0.3) is 5.92 Å². The minimum Gasteiger partial charge on any atom is -0.462 e. The van der Waals surface area contributed by atoms with Gasteiger partial charge >= 0.3 is 17.9 Å². The lowest BCUT2D eigenvalue weighted by atomic mass is 9.77. The first kappa shape index (κ1) is 29.2. The fourth-order valence-electron chi connectivity index (χ4n) is 8.78. The zero-order valence-corrected chi connectivity index (χ0v) is 25.0. The molecule has 0 N–H and O–H groups in total. The van der Waals surface area contributed by atoms with Crippen molar-refractivity contribution in [2.24, 2.45) is 35.5 Å². The number of likely N-dealkylation sites (tertiary alicyclic amines) is 1. The van der Waals surface area contributed by atoms with E-state index in [1.54, 1.807) is 4.90 Å². The third-order valence-corrected chi connectivity index (χ3v) is 12.0. The number of amides is 1. The Morgan fingerprint density at radius 1 is 0.854 bits per heavy atom. The number of fused-ring (bicyclic) bond motifs is 3. The van der Waals surface area contributed by atoms with E-state index in [4.69, 9.17) is 14.2 Å². The largest absolute Gasteiger partial charge is 0.462 e. The van der Waals surface area contributed by atoms with Crippen molar-refractivity contribution < 1.29 is 42.2 Å². The van der Waals surface area contributed by atoms with Crippen molar-refractivity contribution in [3.63, 3.8) is 0 Å². The van der Waals surface area contributed by atoms with Gasteiger partial charge < -0.3 is 19.1 Å². The van der Waals surface area contributed by atoms with E-state index >= 15 is 0 Å². The Hall–Kier alpha value is -1.91. The minimum atomic E-state index is -3.16. The predicted molar refractivity (Wildman–Crippen MR) is 145 cm³/mol. The molecule has 3 heterocycles. The number of carbonyl (C=O) groups is 4. The Kier molecular flexibility index (Phi) is 7.38. The van der Waals surface area contributed by atoms with Crippen LogP contribution in [0.4, 0.5) is 8.78 Å². The summed E-state index contributed by atoms with van der Waals surface area (Å²) < 4.78 is 44.1. The molecule has 8 nitrogen and oxygen atoms in total. The number of ether oxygens (including phenoxy) is 3. The second-order valence-electron chi connectivity index (χ2n) is 14.1. The summed E-state index contributed by atoms with van der Waals surface area (Å²) in [5.74, 6) is -8.23. The van der Waals surface area contributed by atoms with Crippen LogP contribution in [0.5, 0.6) is 0 Å². The number of alkyl halides is 2. The van der Waals surface area contributed by atoms with Gasteiger partial charge in [-0.25, -0.2) is 8.78 Å². The summed E-state index contributed by atoms with van der Waals surface area (Å²) in [5.41, 5.74) is -0.545. The van der Waals surface area contributed by atoms with E-state index in [0.29, 0.717) is 19.8 Å². The van der Waals surface area contributed by atoms with E-state index in [0.717, 1.165) is 38.5 Å². The van der Waals surface area contributed by atoms with Crippen molar-refractivity contribution in [3.8, 4) is 0 Å². The Morgan fingerprint density at radius 3 is 2.07 bits per heavy atom. The molecule has 0 spiro atoms. The van der Waals surface area contributed by atoms with Crippen LogP contribution in [0.25, 0.3) is 0 Å². The number of rotatable bonds is 7. The van der Waals surface area contributed by atoms with Crippen LogP contribution in [0, 0.1) is 35.5 Å². The standard InChI is InChI=1S/C30H41F2NO7S/c1-29(2,3)33-23-15-12-16(20(19(15)25(33)34)27(36)39-14-8-6-5-7-9-14)24(23)40-28(37)22-18-11-10-17(41-18)21(22)26(35)38-13-30(4,31)32/h14-24H,5-13H2,1-4H3. The highest BCUT2D eigenvalue weighted by Gasteiger charge is 2.72. The summed E-state index contributed by atoms with van der Waals surface area (Å²) in [7, 11) is 0. The number of hydrogen-bond donors (Lipinski definition) is 0. The molecule has 3 saturated carbocycles. The molecule has 6 rings (SSSR count). The monoisotopic (exact) mass is 597 g/mol. The molecule has 3 saturated heterocycles. The van der Waals surface area contributed by atoms with Crippen LogP contribution in [0.3, 0.4) is 0 Å². The van der Waals surface area contributed by atoms with Gasteiger partial charge in [-0.1, -0.05) is 6.42 Å². The summed E-state index contributed by atoms with van der Waals surface area (Å²) in [6.45, 7) is 5.48. The van der Waals surface area contributed by atoms with Gasteiger partial charge in [-0.2, -0.15) is 11.8 Å². The predicted octanol–water partition coefficient (Wildman–Crippen LogP) is 4.37. The van der Waals surface area contributed by atoms with Crippen LogP contribution < -0.4 is 0 Å². The Balaban J connectivity index is 1.24. The summed E-state index contributed by atoms with van der Waals surface area (Å²) in [4.78, 5) is 56.1. The van der Waals surface area contributed by atoms with Crippen LogP contribution in [0.1, 0.15) is 79.1 Å². The molecule has 6 fully saturated rings. The minimum absolute atomic E-state index is 0.0865. The first-order chi connectivity index (χ1) is 19.3. The Bertz CT molecular complexity index is 1100. The van der Waals surface area contributed by atoms with Gasteiger partial charge in [0, 0.05) is 28.9 Å². The average Bonchev–Trinajstić information content (AvgIpc) is 3.68. The van der Waals surface area contributed by atoms with Crippen molar-refractivity contribution in [2.75, 3.05) is 6.61 Å². The number of thioether (sulfide) groups is 1. The fourth-order valence-corrected chi connectivity index (χ4v) is 10.7. The van der Waals surface area contributed by atoms with Gasteiger partial charge in [0.2, 0.25) is 5.91 Å². The van der Waals surface area contributed by atoms with Crippen LogP contribution in [0.2, 0.25) is 0 Å². The molecule has 10 unspecified atom stereocenters. The normalized spacial score (nSPS) is 39.9. The lowest BCUT2D eigenvalue weighted by Gasteiger charge is -2.41. The first-order valence-electron chi connectivity index (χ1n) is 15.2. The molecule has 0 aromatic carbocycles. The Morgan fingerprint density at radius 2 is 1.46 bits per heavy atom. The fraction of sp³-hybridized carbons (Fsp3) is 0.867. The van der Waals surface area contributed by atoms with Crippen LogP contribution in [0.15, 0.2) is 0 Å². The van der Waals surface area contributed by atoms with Gasteiger partial charge in [0.15, 0.2) is 6.61 Å². The number of esters is 3. The zero-order valence-electron chi connectivity index (χ0n) is 24.2. The van der Waals surface area contributed by atoms with E-state index in [-0.39, 0.29) is 46.4 Å². The average molecular weight is 598 g/mol. The maximum absolute atomic E-state index is 13.9. The van der Waals surface area contributed by atoms with Gasteiger partial charge in [-0.3, -0.25) is 19.2 Å². The quantitative estimate of drug-likeness (QED) is 0.315. The smallest absolute Gasteiger partial charge is 0.311 e. The van der Waals surface area contributed by atoms with E-state index in [1.807, 2.05) is 20.8 Å². The molecule has 10 atom stereocenters. The van der Waals surface area contributed by atoms with E-state index < -0.39 is 59.8 Å². The van der Waals surface area contributed by atoms with Gasteiger partial charge in [0.05, 0.1) is 29.7 Å². The van der Waals surface area contributed by atoms with Gasteiger partial charge in [-0.05, 0) is 71.6 Å². The molecule has 228 valence electrons. The van der Waals surface area contributed by atoms with Crippen molar-refractivity contribution >= 4 is 35.6 Å². The molecule has 6 aliphatic rings. The molecule has 3 aliphatic carbocycles. The number of carbonyl (C=O) groups excluding carboxylic acids is 4. The molecule has 0 radical (unpaired) electrons. The third-order valence-electron chi connectivity index (χ3n) is 10.2. The highest BCUT2D eigenvalue weighted by molar-refractivity contribution is 8.01.